The number of nitrogens with one attached hydrogen (secondary N) is 2. The lowest BCUT2D eigenvalue weighted by atomic mass is 9.84. The summed E-state index contributed by atoms with van der Waals surface area (Å²) in [6.45, 7) is 16.8. The fourth-order valence-corrected chi connectivity index (χ4v) is 11.3. The number of carbonyl (C=O) groups is 4. The minimum Gasteiger partial charge on any atom is -0.469 e. The van der Waals surface area contributed by atoms with E-state index in [-0.39, 0.29) is 43.2 Å². The third-order valence-electron chi connectivity index (χ3n) is 13.2. The van der Waals surface area contributed by atoms with Gasteiger partial charge in [0.15, 0.2) is 5.82 Å². The van der Waals surface area contributed by atoms with Crippen molar-refractivity contribution in [1.29, 1.82) is 0 Å². The maximum Gasteiger partial charge on any atom is 0.308 e. The summed E-state index contributed by atoms with van der Waals surface area (Å²) in [4.78, 5) is 70.6. The molecule has 3 aliphatic rings. The molecule has 0 radical (unpaired) electrons. The molecular formula is C49H59N9O6S2. The zero-order valence-electron chi connectivity index (χ0n) is 39.0. The number of thiophene rings is 1. The third-order valence-corrected chi connectivity index (χ3v) is 15.3. The molecule has 0 spiro atoms. The average molecular weight is 934 g/mol. The van der Waals surface area contributed by atoms with Crippen LogP contribution in [0.1, 0.15) is 110 Å². The van der Waals surface area contributed by atoms with Crippen LogP contribution in [0.5, 0.6) is 0 Å². The Hall–Kier alpha value is -5.78. The molecule has 2 saturated heterocycles. The molecule has 2 fully saturated rings. The van der Waals surface area contributed by atoms with Crippen molar-refractivity contribution in [2.24, 2.45) is 16.3 Å². The summed E-state index contributed by atoms with van der Waals surface area (Å²) in [5.74, 6) is -0.446. The van der Waals surface area contributed by atoms with Gasteiger partial charge in [-0.3, -0.25) is 28.7 Å². The minimum absolute atomic E-state index is 0.00396. The number of aromatic nitrogens is 4. The van der Waals surface area contributed by atoms with Gasteiger partial charge in [0, 0.05) is 47.7 Å². The molecule has 3 amide bonds. The van der Waals surface area contributed by atoms with Crippen LogP contribution in [0.2, 0.25) is 0 Å². The summed E-state index contributed by atoms with van der Waals surface area (Å²) in [7, 11) is 1.37. The number of aliphatic hydroxyl groups is 1. The molecule has 0 bridgehead atoms. The average Bonchev–Trinajstić information content (AvgIpc) is 4.07. The van der Waals surface area contributed by atoms with Crippen molar-refractivity contribution in [2.45, 2.75) is 111 Å². The number of aryl methyl sites for hydroxylation is 3. The van der Waals surface area contributed by atoms with Crippen molar-refractivity contribution in [3.05, 3.63) is 98.5 Å². The number of anilines is 1. The Bertz CT molecular complexity index is 2660. The van der Waals surface area contributed by atoms with Crippen LogP contribution in [-0.2, 0) is 23.9 Å². The first-order chi connectivity index (χ1) is 31.4. The number of esters is 1. The van der Waals surface area contributed by atoms with Crippen LogP contribution in [0.25, 0.3) is 15.4 Å². The van der Waals surface area contributed by atoms with E-state index in [4.69, 9.17) is 9.73 Å². The molecule has 348 valence electrons. The Kier molecular flexibility index (Phi) is 13.3. The molecule has 3 aliphatic heterocycles. The number of fused-ring (bicyclic) bond motifs is 3. The Morgan fingerprint density at radius 2 is 1.65 bits per heavy atom. The van der Waals surface area contributed by atoms with E-state index in [9.17, 15) is 24.3 Å². The quantitative estimate of drug-likeness (QED) is 0.120. The SMILES string of the molecule is COC(=O)C[C@@H]1N=C(c2ccc(N3CCC[C@H](C(=O)N[C@H](C(=O)N4C[C@H](O)C[C@H]4C(=O)N[C@@H](C)c4ccc(-c5scnc5C)cc4)C(C)(C)C)C3)cc2)c2c(sc(C)c2C)-n2c(C)nnc21. The predicted octanol–water partition coefficient (Wildman–Crippen LogP) is 6.73. The molecule has 17 heteroatoms. The van der Waals surface area contributed by atoms with Crippen LogP contribution in [-0.4, -0.2) is 104 Å². The van der Waals surface area contributed by atoms with Gasteiger partial charge >= 0.3 is 5.97 Å². The highest BCUT2D eigenvalue weighted by Gasteiger charge is 2.45. The van der Waals surface area contributed by atoms with Gasteiger partial charge in [-0.2, -0.15) is 0 Å². The number of hydrogen-bond acceptors (Lipinski definition) is 13. The molecule has 8 rings (SSSR count). The molecule has 15 nitrogen and oxygen atoms in total. The number of likely N-dealkylation sites (tertiary alicyclic amines) is 1. The number of ether oxygens (including phenoxy) is 1. The second kappa shape index (κ2) is 18.8. The molecular weight excluding hydrogens is 875 g/mol. The van der Waals surface area contributed by atoms with Gasteiger partial charge in [0.1, 0.15) is 29.0 Å². The highest BCUT2D eigenvalue weighted by molar-refractivity contribution is 7.15. The van der Waals surface area contributed by atoms with E-state index in [1.54, 1.807) is 22.7 Å². The first kappa shape index (κ1) is 46.7. The smallest absolute Gasteiger partial charge is 0.308 e. The van der Waals surface area contributed by atoms with Gasteiger partial charge in [-0.05, 0) is 81.7 Å². The standard InChI is InChI=1S/C49H59N9O6S2/c1-26-29(4)66-48-40(26)41(52-37(22-39(60)64-9)44-55-54-30(5)58(44)48)32-16-18-35(19-17-32)56-20-10-11-34(23-56)45(61)53-43(49(6,7)8)47(63)57-24-36(59)21-38(57)46(62)51-27(2)31-12-14-33(15-13-31)42-28(3)50-25-65-42/h12-19,25,27,34,36-38,43,59H,10-11,20-24H2,1-9H3,(H,51,62)(H,53,61)/t27-,34-,36+,37-,38-,43+/m0/s1. The van der Waals surface area contributed by atoms with Gasteiger partial charge < -0.3 is 30.3 Å². The van der Waals surface area contributed by atoms with E-state index >= 15 is 0 Å². The van der Waals surface area contributed by atoms with Crippen LogP contribution >= 0.6 is 22.7 Å². The van der Waals surface area contributed by atoms with Crippen LogP contribution in [0.15, 0.2) is 59.0 Å². The summed E-state index contributed by atoms with van der Waals surface area (Å²) in [5.41, 5.74) is 8.74. The Labute approximate surface area is 393 Å². The van der Waals surface area contributed by atoms with E-state index < -0.39 is 41.5 Å². The van der Waals surface area contributed by atoms with Crippen LogP contribution in [0.4, 0.5) is 5.69 Å². The predicted molar refractivity (Wildman–Crippen MR) is 256 cm³/mol. The Balaban J connectivity index is 0.954. The summed E-state index contributed by atoms with van der Waals surface area (Å²) >= 11 is 3.23. The topological polar surface area (TPSA) is 184 Å². The van der Waals surface area contributed by atoms with Gasteiger partial charge in [0.05, 0.1) is 53.4 Å². The highest BCUT2D eigenvalue weighted by Crippen LogP contribution is 2.40. The Morgan fingerprint density at radius 1 is 0.939 bits per heavy atom. The molecule has 5 aromatic rings. The van der Waals surface area contributed by atoms with Crippen molar-refractivity contribution in [1.82, 2.24) is 35.3 Å². The molecule has 0 unspecified atom stereocenters. The van der Waals surface area contributed by atoms with Crippen LogP contribution in [0, 0.1) is 39.0 Å². The van der Waals surface area contributed by atoms with Crippen LogP contribution in [0.3, 0.4) is 0 Å². The number of carbonyl (C=O) groups excluding carboxylic acids is 4. The van der Waals surface area contributed by atoms with E-state index in [0.717, 1.165) is 72.6 Å². The van der Waals surface area contributed by atoms with E-state index in [2.05, 4.69) is 44.6 Å². The lowest BCUT2D eigenvalue weighted by Crippen LogP contribution is -2.59. The Morgan fingerprint density at radius 3 is 2.32 bits per heavy atom. The zero-order valence-corrected chi connectivity index (χ0v) is 40.7. The van der Waals surface area contributed by atoms with E-state index in [1.807, 2.05) is 100 Å². The van der Waals surface area contributed by atoms with Gasteiger partial charge in [-0.15, -0.1) is 32.9 Å². The molecule has 0 aliphatic carbocycles. The monoisotopic (exact) mass is 933 g/mol. The molecule has 66 heavy (non-hydrogen) atoms. The number of aliphatic imine (C=N–C) groups is 1. The number of rotatable bonds is 11. The van der Waals surface area contributed by atoms with Crippen molar-refractivity contribution >= 4 is 57.8 Å². The van der Waals surface area contributed by atoms with Crippen molar-refractivity contribution < 1.29 is 29.0 Å². The molecule has 6 heterocycles. The van der Waals surface area contributed by atoms with Gasteiger partial charge in [0.2, 0.25) is 17.7 Å². The first-order valence-corrected chi connectivity index (χ1v) is 24.2. The fourth-order valence-electron chi connectivity index (χ4n) is 9.30. The van der Waals surface area contributed by atoms with E-state index in [1.165, 1.54) is 12.0 Å². The fraction of sp³-hybridized carbons (Fsp3) is 0.469. The number of piperidine rings is 1. The molecule has 3 N–H and O–H groups in total. The highest BCUT2D eigenvalue weighted by atomic mass is 32.1. The maximum absolute atomic E-state index is 14.5. The van der Waals surface area contributed by atoms with Gasteiger partial charge in [-0.25, -0.2) is 4.98 Å². The lowest BCUT2D eigenvalue weighted by molar-refractivity contribution is -0.144. The second-order valence-corrected chi connectivity index (χ2v) is 20.9. The van der Waals surface area contributed by atoms with Crippen LogP contribution < -0.4 is 15.5 Å². The molecule has 0 saturated carbocycles. The van der Waals surface area contributed by atoms with Gasteiger partial charge in [0.25, 0.3) is 0 Å². The van der Waals surface area contributed by atoms with Crippen molar-refractivity contribution in [3.63, 3.8) is 0 Å². The number of nitrogens with zero attached hydrogens (tertiary/aromatic N) is 7. The number of aliphatic hydroxyl groups excluding tert-OH is 1. The number of β-amino-alcohol motifs (C(OH)–C–C–N with tert-alkyl or cyclic N) is 1. The van der Waals surface area contributed by atoms with Crippen molar-refractivity contribution in [3.8, 4) is 15.4 Å². The second-order valence-electron chi connectivity index (χ2n) is 18.8. The summed E-state index contributed by atoms with van der Waals surface area (Å²) in [6.07, 6.45) is 0.674. The molecule has 6 atom stereocenters. The van der Waals surface area contributed by atoms with Gasteiger partial charge in [-0.1, -0.05) is 57.2 Å². The number of hydrogen-bond donors (Lipinski definition) is 3. The maximum atomic E-state index is 14.5. The lowest BCUT2D eigenvalue weighted by Gasteiger charge is -2.38. The minimum atomic E-state index is -0.935. The normalized spacial score (nSPS) is 20.4. The number of benzene rings is 2. The number of methoxy groups -OCH3 is 1. The van der Waals surface area contributed by atoms with E-state index in [0.29, 0.717) is 24.6 Å². The molecule has 3 aromatic heterocycles. The number of amides is 3. The van der Waals surface area contributed by atoms with Crippen molar-refractivity contribution in [2.75, 3.05) is 31.6 Å². The zero-order chi connectivity index (χ0) is 47.2. The number of thiazole rings is 1. The first-order valence-electron chi connectivity index (χ1n) is 22.6. The third kappa shape index (κ3) is 9.29. The summed E-state index contributed by atoms with van der Waals surface area (Å²) in [6, 6.07) is 13.4. The molecule has 2 aromatic carbocycles. The largest absolute Gasteiger partial charge is 0.469 e. The summed E-state index contributed by atoms with van der Waals surface area (Å²) in [5, 5.41) is 26.8. The summed E-state index contributed by atoms with van der Waals surface area (Å²) < 4.78 is 7.06.